The molecule has 1 N–H and O–H groups in total. The fraction of sp³-hybridized carbons (Fsp3) is 0.312. The quantitative estimate of drug-likeness (QED) is 0.648. The fourth-order valence-electron chi connectivity index (χ4n) is 2.59. The van der Waals surface area contributed by atoms with Crippen LogP contribution < -0.4 is 5.32 Å². The lowest BCUT2D eigenvalue weighted by Crippen LogP contribution is -2.35. The standard InChI is InChI=1S/C16H16N4O5S/c1-2-25-16(22)18-15-17-12-7-8-19(9-13(12)26-15)14(21)10-3-5-11(6-4-10)20(23)24/h3-6H,2,7-9H2,1H3,(H,17,18,22). The molecule has 1 aromatic carbocycles. The first-order valence-corrected chi connectivity index (χ1v) is 8.75. The van der Waals surface area contributed by atoms with Crippen molar-refractivity contribution in [1.29, 1.82) is 0 Å². The van der Waals surface area contributed by atoms with Crippen LogP contribution >= 0.6 is 11.3 Å². The van der Waals surface area contributed by atoms with Crippen LogP contribution in [0.2, 0.25) is 0 Å². The van der Waals surface area contributed by atoms with Crippen LogP contribution in [0.15, 0.2) is 24.3 Å². The fourth-order valence-corrected chi connectivity index (χ4v) is 3.59. The number of amides is 2. The van der Waals surface area contributed by atoms with Crippen molar-refractivity contribution in [2.24, 2.45) is 0 Å². The molecular weight excluding hydrogens is 360 g/mol. The lowest BCUT2D eigenvalue weighted by atomic mass is 10.1. The maximum absolute atomic E-state index is 12.6. The van der Waals surface area contributed by atoms with Crippen molar-refractivity contribution in [1.82, 2.24) is 9.88 Å². The molecule has 1 aliphatic heterocycles. The summed E-state index contributed by atoms with van der Waals surface area (Å²) in [7, 11) is 0. The molecule has 2 amide bonds. The maximum atomic E-state index is 12.6. The van der Waals surface area contributed by atoms with E-state index in [0.29, 0.717) is 30.2 Å². The van der Waals surface area contributed by atoms with E-state index in [9.17, 15) is 19.7 Å². The molecule has 0 saturated carbocycles. The molecule has 2 heterocycles. The number of hydrogen-bond acceptors (Lipinski definition) is 7. The number of carbonyl (C=O) groups is 2. The molecular formula is C16H16N4O5S. The Morgan fingerprint density at radius 2 is 2.12 bits per heavy atom. The number of thiazole rings is 1. The highest BCUT2D eigenvalue weighted by Crippen LogP contribution is 2.29. The van der Waals surface area contributed by atoms with Crippen LogP contribution in [0.5, 0.6) is 0 Å². The van der Waals surface area contributed by atoms with Crippen LogP contribution in [0, 0.1) is 10.1 Å². The Bertz CT molecular complexity index is 849. The van der Waals surface area contributed by atoms with Gasteiger partial charge in [0.2, 0.25) is 0 Å². The minimum Gasteiger partial charge on any atom is -0.450 e. The second kappa shape index (κ2) is 7.48. The largest absolute Gasteiger partial charge is 0.450 e. The zero-order valence-corrected chi connectivity index (χ0v) is 14.7. The number of aromatic nitrogens is 1. The maximum Gasteiger partial charge on any atom is 0.413 e. The number of fused-ring (bicyclic) bond motifs is 1. The lowest BCUT2D eigenvalue weighted by Gasteiger charge is -2.26. The second-order valence-electron chi connectivity index (χ2n) is 5.52. The predicted octanol–water partition coefficient (Wildman–Crippen LogP) is 2.82. The van der Waals surface area contributed by atoms with Crippen LogP contribution in [-0.4, -0.2) is 40.0 Å². The van der Waals surface area contributed by atoms with Crippen LogP contribution in [0.1, 0.15) is 27.9 Å². The summed E-state index contributed by atoms with van der Waals surface area (Å²) in [5.74, 6) is -0.196. The Morgan fingerprint density at radius 1 is 1.38 bits per heavy atom. The average molecular weight is 376 g/mol. The Kier molecular flexibility index (Phi) is 5.12. The summed E-state index contributed by atoms with van der Waals surface area (Å²) in [5, 5.41) is 13.7. The molecule has 0 bridgehead atoms. The van der Waals surface area contributed by atoms with E-state index in [1.165, 1.54) is 35.6 Å². The molecule has 0 unspecified atom stereocenters. The molecule has 2 aromatic rings. The summed E-state index contributed by atoms with van der Waals surface area (Å²) in [4.78, 5) is 41.2. The van der Waals surface area contributed by atoms with Gasteiger partial charge in [0.15, 0.2) is 5.13 Å². The van der Waals surface area contributed by atoms with Gasteiger partial charge in [-0.05, 0) is 19.1 Å². The number of ether oxygens (including phenoxy) is 1. The van der Waals surface area contributed by atoms with Crippen molar-refractivity contribution < 1.29 is 19.2 Å². The van der Waals surface area contributed by atoms with Gasteiger partial charge in [-0.2, -0.15) is 0 Å². The van der Waals surface area contributed by atoms with E-state index in [2.05, 4.69) is 10.3 Å². The molecule has 0 fully saturated rings. The van der Waals surface area contributed by atoms with Gasteiger partial charge < -0.3 is 9.64 Å². The van der Waals surface area contributed by atoms with E-state index >= 15 is 0 Å². The van der Waals surface area contributed by atoms with Crippen molar-refractivity contribution in [3.63, 3.8) is 0 Å². The highest BCUT2D eigenvalue weighted by molar-refractivity contribution is 7.15. The first-order chi connectivity index (χ1) is 12.5. The summed E-state index contributed by atoms with van der Waals surface area (Å²) in [6.45, 7) is 2.86. The molecule has 1 aliphatic rings. The third-order valence-corrected chi connectivity index (χ3v) is 4.83. The number of carbonyl (C=O) groups excluding carboxylic acids is 2. The number of benzene rings is 1. The Balaban J connectivity index is 1.69. The zero-order chi connectivity index (χ0) is 18.7. The third-order valence-electron chi connectivity index (χ3n) is 3.83. The van der Waals surface area contributed by atoms with E-state index in [-0.39, 0.29) is 18.2 Å². The zero-order valence-electron chi connectivity index (χ0n) is 13.9. The molecule has 10 heteroatoms. The molecule has 26 heavy (non-hydrogen) atoms. The lowest BCUT2D eigenvalue weighted by molar-refractivity contribution is -0.384. The van der Waals surface area contributed by atoms with Gasteiger partial charge in [-0.3, -0.25) is 20.2 Å². The topological polar surface area (TPSA) is 115 Å². The molecule has 3 rings (SSSR count). The van der Waals surface area contributed by atoms with E-state index in [1.807, 2.05) is 0 Å². The van der Waals surface area contributed by atoms with E-state index in [1.54, 1.807) is 11.8 Å². The van der Waals surface area contributed by atoms with Gasteiger partial charge in [0.25, 0.3) is 11.6 Å². The Hall–Kier alpha value is -3.01. The SMILES string of the molecule is CCOC(=O)Nc1nc2c(s1)CN(C(=O)c1ccc([N+](=O)[O-])cc1)CC2. The van der Waals surface area contributed by atoms with Gasteiger partial charge in [-0.15, -0.1) is 0 Å². The molecule has 0 aliphatic carbocycles. The number of anilines is 1. The van der Waals surface area contributed by atoms with Crippen molar-refractivity contribution in [3.8, 4) is 0 Å². The Morgan fingerprint density at radius 3 is 2.77 bits per heavy atom. The van der Waals surface area contributed by atoms with E-state index in [4.69, 9.17) is 4.74 Å². The normalized spacial score (nSPS) is 13.0. The number of rotatable bonds is 4. The monoisotopic (exact) mass is 376 g/mol. The summed E-state index contributed by atoms with van der Waals surface area (Å²) < 4.78 is 4.83. The average Bonchev–Trinajstić information content (AvgIpc) is 3.02. The van der Waals surface area contributed by atoms with Gasteiger partial charge in [-0.25, -0.2) is 9.78 Å². The van der Waals surface area contributed by atoms with Crippen molar-refractivity contribution in [2.75, 3.05) is 18.5 Å². The van der Waals surface area contributed by atoms with E-state index < -0.39 is 11.0 Å². The second-order valence-corrected chi connectivity index (χ2v) is 6.60. The van der Waals surface area contributed by atoms with Crippen LogP contribution in [0.4, 0.5) is 15.6 Å². The number of non-ortho nitro benzene ring substituents is 1. The first-order valence-electron chi connectivity index (χ1n) is 7.94. The molecule has 1 aromatic heterocycles. The molecule has 0 radical (unpaired) electrons. The van der Waals surface area contributed by atoms with Crippen molar-refractivity contribution in [2.45, 2.75) is 19.9 Å². The smallest absolute Gasteiger partial charge is 0.413 e. The number of nitro groups is 1. The summed E-state index contributed by atoms with van der Waals surface area (Å²) in [6, 6.07) is 5.54. The first kappa shape index (κ1) is 17.8. The van der Waals surface area contributed by atoms with E-state index in [0.717, 1.165) is 10.6 Å². The highest BCUT2D eigenvalue weighted by atomic mass is 32.1. The highest BCUT2D eigenvalue weighted by Gasteiger charge is 2.25. The van der Waals surface area contributed by atoms with Gasteiger partial charge in [0, 0.05) is 35.5 Å². The molecule has 0 spiro atoms. The molecule has 9 nitrogen and oxygen atoms in total. The van der Waals surface area contributed by atoms with Crippen molar-refractivity contribution >= 4 is 34.2 Å². The Labute approximate surface area is 152 Å². The summed E-state index contributed by atoms with van der Waals surface area (Å²) in [6.07, 6.45) is 0.0205. The number of nitrogens with one attached hydrogen (secondary N) is 1. The third kappa shape index (κ3) is 3.80. The molecule has 136 valence electrons. The number of hydrogen-bond donors (Lipinski definition) is 1. The number of nitro benzene ring substituents is 1. The van der Waals surface area contributed by atoms with Gasteiger partial charge in [0.05, 0.1) is 23.8 Å². The van der Waals surface area contributed by atoms with Crippen LogP contribution in [0.3, 0.4) is 0 Å². The number of nitrogens with zero attached hydrogens (tertiary/aromatic N) is 3. The van der Waals surface area contributed by atoms with Crippen molar-refractivity contribution in [3.05, 3.63) is 50.5 Å². The minimum atomic E-state index is -0.558. The minimum absolute atomic E-state index is 0.0559. The summed E-state index contributed by atoms with van der Waals surface area (Å²) >= 11 is 1.31. The molecule has 0 saturated heterocycles. The van der Waals surface area contributed by atoms with Crippen LogP contribution in [-0.2, 0) is 17.7 Å². The van der Waals surface area contributed by atoms with Gasteiger partial charge in [0.1, 0.15) is 0 Å². The van der Waals surface area contributed by atoms with Crippen LogP contribution in [0.25, 0.3) is 0 Å². The van der Waals surface area contributed by atoms with Gasteiger partial charge >= 0.3 is 6.09 Å². The summed E-state index contributed by atoms with van der Waals surface area (Å²) in [5.41, 5.74) is 1.20. The van der Waals surface area contributed by atoms with Gasteiger partial charge in [-0.1, -0.05) is 11.3 Å². The molecule has 0 atom stereocenters. The predicted molar refractivity (Wildman–Crippen MR) is 94.3 cm³/mol.